The molecule has 9 rings (SSSR count). The summed E-state index contributed by atoms with van der Waals surface area (Å²) in [5.41, 5.74) is 3.11. The molecular formula is C48H38Cl2F4O4P2Ru. The monoisotopic (exact) mass is 988 g/mol. The van der Waals surface area contributed by atoms with Gasteiger partial charge in [-0.05, 0) is 90.3 Å². The molecule has 0 aromatic heterocycles. The van der Waals surface area contributed by atoms with Crippen LogP contribution in [0.25, 0.3) is 11.1 Å². The Hall–Kier alpha value is -4.48. The van der Waals surface area contributed by atoms with Gasteiger partial charge in [-0.1, -0.05) is 165 Å². The molecule has 7 aromatic rings. The Bertz CT molecular complexity index is 2290. The van der Waals surface area contributed by atoms with Crippen molar-refractivity contribution < 1.29 is 80.8 Å². The van der Waals surface area contributed by atoms with Gasteiger partial charge in [0.2, 0.25) is 0 Å². The van der Waals surface area contributed by atoms with E-state index < -0.39 is 28.4 Å². The summed E-state index contributed by atoms with van der Waals surface area (Å²) in [6, 6.07) is 53.6. The molecule has 4 nitrogen and oxygen atoms in total. The van der Waals surface area contributed by atoms with Crippen molar-refractivity contribution >= 4 is 47.7 Å². The molecule has 0 saturated heterocycles. The van der Waals surface area contributed by atoms with Crippen LogP contribution in [0.4, 0.5) is 17.6 Å². The predicted octanol–water partition coefficient (Wildman–Crippen LogP) is 4.64. The fraction of sp³-hybridized carbons (Fsp3) is 0.125. The number of alkyl halides is 4. The number of fused-ring (bicyclic) bond motifs is 2. The minimum atomic E-state index is -3.99. The second kappa shape index (κ2) is 20.1. The van der Waals surface area contributed by atoms with Gasteiger partial charge in [0.25, 0.3) is 0 Å². The van der Waals surface area contributed by atoms with Gasteiger partial charge in [0.05, 0.1) is 0 Å². The van der Waals surface area contributed by atoms with E-state index >= 15 is 0 Å². The largest absolute Gasteiger partial charge is 2.00 e. The first kappa shape index (κ1) is 47.6. The molecule has 0 bridgehead atoms. The number of benzene rings is 7. The van der Waals surface area contributed by atoms with Gasteiger partial charge in [-0.2, -0.15) is 0 Å². The zero-order chi connectivity index (χ0) is 40.4. The van der Waals surface area contributed by atoms with Crippen molar-refractivity contribution in [2.75, 3.05) is 0 Å². The number of halogens is 6. The van der Waals surface area contributed by atoms with Crippen LogP contribution in [-0.2, 0) is 19.5 Å². The van der Waals surface area contributed by atoms with Gasteiger partial charge in [-0.3, -0.25) is 0 Å². The number of rotatable bonds is 8. The van der Waals surface area contributed by atoms with Gasteiger partial charge in [-0.15, -0.1) is 17.6 Å². The second-order valence-electron chi connectivity index (χ2n) is 14.0. The average Bonchev–Trinajstić information content (AvgIpc) is 3.73. The standard InChI is InChI=1S/C38H24F4O4P2.C10H14.2ClH.Ru/c39-37(40)43-29-21-23-31(47(25-13-5-1-6-14-25)26-15-7-2-8-16-26)33(35(29)45-37)34-32(24-22-30-36(34)46-38(41,42)44-30)48(27-17-9-3-10-18-27)28-19-11-4-12-20-28;1-8(2)10-6-4-9(3)5-7-10;;;/h1-24H;4-8H,1-3H3;2*1H;/q;;;;+2/p-2. The molecule has 13 heteroatoms. The van der Waals surface area contributed by atoms with Crippen LogP contribution in [0.15, 0.2) is 170 Å². The molecule has 0 N–H and O–H groups in total. The third-order valence-corrected chi connectivity index (χ3v) is 14.6. The molecule has 0 unspecified atom stereocenters. The molecular weight excluding hydrogens is 950 g/mol. The molecule has 0 saturated carbocycles. The molecule has 0 radical (unpaired) electrons. The van der Waals surface area contributed by atoms with Crippen molar-refractivity contribution in [2.45, 2.75) is 39.3 Å². The third kappa shape index (κ3) is 10.4. The Morgan fingerprint density at radius 3 is 1.03 bits per heavy atom. The van der Waals surface area contributed by atoms with Crippen LogP contribution in [0.1, 0.15) is 30.9 Å². The summed E-state index contributed by atoms with van der Waals surface area (Å²) in [5, 5.41) is 4.83. The van der Waals surface area contributed by atoms with E-state index in [0.717, 1.165) is 21.2 Å². The molecule has 61 heavy (non-hydrogen) atoms. The van der Waals surface area contributed by atoms with Gasteiger partial charge in [0.1, 0.15) is 0 Å². The van der Waals surface area contributed by atoms with Crippen LogP contribution >= 0.6 is 15.8 Å². The van der Waals surface area contributed by atoms with Crippen LogP contribution in [0.2, 0.25) is 0 Å². The van der Waals surface area contributed by atoms with Crippen LogP contribution in [-0.4, -0.2) is 12.6 Å². The number of hydrogen-bond donors (Lipinski definition) is 0. The molecule has 0 amide bonds. The third-order valence-electron chi connectivity index (χ3n) is 9.63. The van der Waals surface area contributed by atoms with Gasteiger partial charge < -0.3 is 43.8 Å². The van der Waals surface area contributed by atoms with Gasteiger partial charge in [0, 0.05) is 11.1 Å². The summed E-state index contributed by atoms with van der Waals surface area (Å²) in [5.74, 6) is -0.302. The normalized spacial score (nSPS) is 13.7. The summed E-state index contributed by atoms with van der Waals surface area (Å²) >= 11 is 0. The van der Waals surface area contributed by atoms with Crippen LogP contribution in [0.3, 0.4) is 0 Å². The zero-order valence-electron chi connectivity index (χ0n) is 32.9. The minimum Gasteiger partial charge on any atom is -1.00 e. The predicted molar refractivity (Wildman–Crippen MR) is 227 cm³/mol. The maximum absolute atomic E-state index is 15.0. The van der Waals surface area contributed by atoms with Crippen LogP contribution < -0.4 is 75.6 Å². The van der Waals surface area contributed by atoms with Crippen molar-refractivity contribution in [3.63, 3.8) is 0 Å². The fourth-order valence-electron chi connectivity index (χ4n) is 6.98. The first-order valence-corrected chi connectivity index (χ1v) is 21.4. The second-order valence-corrected chi connectivity index (χ2v) is 18.4. The van der Waals surface area contributed by atoms with E-state index in [9.17, 15) is 17.6 Å². The Morgan fingerprint density at radius 2 is 0.738 bits per heavy atom. The van der Waals surface area contributed by atoms with Crippen molar-refractivity contribution in [1.82, 2.24) is 0 Å². The fourth-order valence-corrected chi connectivity index (χ4v) is 11.9. The first-order chi connectivity index (χ1) is 28.0. The number of ether oxygens (including phenoxy) is 4. The minimum absolute atomic E-state index is 0. The zero-order valence-corrected chi connectivity index (χ0v) is 37.9. The summed E-state index contributed by atoms with van der Waals surface area (Å²) < 4.78 is 80.4. The molecule has 0 spiro atoms. The van der Waals surface area contributed by atoms with E-state index in [1.54, 1.807) is 12.1 Å². The smallest absolute Gasteiger partial charge is 1.00 e. The molecule has 0 fully saturated rings. The molecule has 2 aliphatic heterocycles. The molecule has 314 valence electrons. The van der Waals surface area contributed by atoms with E-state index in [-0.39, 0.29) is 78.4 Å². The first-order valence-electron chi connectivity index (χ1n) is 18.7. The molecule has 7 aromatic carbocycles. The maximum Gasteiger partial charge on any atom is 2.00 e. The summed E-state index contributed by atoms with van der Waals surface area (Å²) in [6.07, 6.45) is -7.97. The molecule has 0 aliphatic carbocycles. The molecule has 2 aliphatic rings. The Balaban J connectivity index is 0.000000480. The summed E-state index contributed by atoms with van der Waals surface area (Å²) in [4.78, 5) is 0. The van der Waals surface area contributed by atoms with E-state index in [1.807, 2.05) is 121 Å². The van der Waals surface area contributed by atoms with Gasteiger partial charge in [0.15, 0.2) is 23.0 Å². The number of aryl methyl sites for hydroxylation is 1. The molecule has 0 atom stereocenters. The van der Waals surface area contributed by atoms with E-state index in [4.69, 9.17) is 18.9 Å². The quantitative estimate of drug-likeness (QED) is 0.127. The van der Waals surface area contributed by atoms with Crippen molar-refractivity contribution in [2.24, 2.45) is 0 Å². The maximum atomic E-state index is 15.0. The van der Waals surface area contributed by atoms with E-state index in [0.29, 0.717) is 16.5 Å². The average molecular weight is 989 g/mol. The van der Waals surface area contributed by atoms with Crippen LogP contribution in [0, 0.1) is 6.92 Å². The topological polar surface area (TPSA) is 36.9 Å². The number of hydrogen-bond acceptors (Lipinski definition) is 4. The van der Waals surface area contributed by atoms with Crippen molar-refractivity contribution in [3.05, 3.63) is 181 Å². The summed E-state index contributed by atoms with van der Waals surface area (Å²) in [7, 11) is -2.91. The van der Waals surface area contributed by atoms with Crippen molar-refractivity contribution in [1.29, 1.82) is 0 Å². The summed E-state index contributed by atoms with van der Waals surface area (Å²) in [6.45, 7) is 6.54. The SMILES string of the molecule is Cc1ccc(C(C)C)cc1.FC1(F)Oc2ccc(P(c3ccccc3)c3ccccc3)c(-c3c(P(c4ccccc4)c4ccccc4)ccc4c3OC(F)(F)O4)c2O1.[Cl-].[Cl-].[Ru+2]. The van der Waals surface area contributed by atoms with E-state index in [2.05, 4.69) is 45.0 Å². The Labute approximate surface area is 380 Å². The Morgan fingerprint density at radius 1 is 0.426 bits per heavy atom. The molecule has 2 heterocycles. The Kier molecular flexibility index (Phi) is 15.7. The van der Waals surface area contributed by atoms with E-state index in [1.165, 1.54) is 23.3 Å². The van der Waals surface area contributed by atoms with Crippen molar-refractivity contribution in [3.8, 4) is 34.1 Å². The van der Waals surface area contributed by atoms with Gasteiger partial charge in [-0.25, -0.2) is 0 Å². The van der Waals surface area contributed by atoms with Crippen LogP contribution in [0.5, 0.6) is 23.0 Å². The van der Waals surface area contributed by atoms with Gasteiger partial charge >= 0.3 is 32.1 Å².